The summed E-state index contributed by atoms with van der Waals surface area (Å²) in [4.78, 5) is 0. The maximum atomic E-state index is 2.55. The highest BCUT2D eigenvalue weighted by Gasteiger charge is 2.53. The molecule has 0 bridgehead atoms. The van der Waals surface area contributed by atoms with E-state index < -0.39 is 0 Å². The van der Waals surface area contributed by atoms with Gasteiger partial charge in [0.2, 0.25) is 0 Å². The predicted molar refractivity (Wildman–Crippen MR) is 84.9 cm³/mol. The molecule has 0 heteroatoms. The molecule has 0 amide bonds. The first-order valence-electron chi connectivity index (χ1n) is 8.01. The van der Waals surface area contributed by atoms with Gasteiger partial charge in [0.1, 0.15) is 0 Å². The molecule has 0 fully saturated rings. The van der Waals surface area contributed by atoms with Gasteiger partial charge in [0.15, 0.2) is 0 Å². The van der Waals surface area contributed by atoms with Crippen LogP contribution in [0.1, 0.15) is 88.5 Å². The minimum atomic E-state index is 0.344. The quantitative estimate of drug-likeness (QED) is 0.504. The summed E-state index contributed by atoms with van der Waals surface area (Å²) in [6.45, 7) is 24.4. The Morgan fingerprint density at radius 2 is 1.17 bits per heavy atom. The third-order valence-corrected chi connectivity index (χ3v) is 6.78. The van der Waals surface area contributed by atoms with Gasteiger partial charge in [0.25, 0.3) is 0 Å². The Hall–Kier alpha value is 0. The molecule has 3 unspecified atom stereocenters. The fraction of sp³-hybridized carbons (Fsp3) is 1.00. The van der Waals surface area contributed by atoms with Gasteiger partial charge in [-0.1, -0.05) is 88.5 Å². The molecule has 0 aromatic carbocycles. The van der Waals surface area contributed by atoms with Gasteiger partial charge in [-0.25, -0.2) is 0 Å². The number of hydrogen-bond donors (Lipinski definition) is 0. The molecule has 0 radical (unpaired) electrons. The smallest absolute Gasteiger partial charge is 0.0195 e. The van der Waals surface area contributed by atoms with Crippen molar-refractivity contribution in [3.63, 3.8) is 0 Å². The van der Waals surface area contributed by atoms with Gasteiger partial charge >= 0.3 is 0 Å². The molecule has 0 nitrogen and oxygen atoms in total. The standard InChI is InChI=1S/C18H38/c1-11-14(4)15(5)18(10,16(6,7)8)17(9,12-2)13-3/h14-15H,11-13H2,1-10H3. The lowest BCUT2D eigenvalue weighted by Crippen LogP contribution is -2.52. The summed E-state index contributed by atoms with van der Waals surface area (Å²) >= 11 is 0. The minimum absolute atomic E-state index is 0.344. The van der Waals surface area contributed by atoms with Crippen molar-refractivity contribution in [2.75, 3.05) is 0 Å². The van der Waals surface area contributed by atoms with Crippen LogP contribution in [0.15, 0.2) is 0 Å². The Labute approximate surface area is 117 Å². The molecule has 0 aromatic heterocycles. The Morgan fingerprint density at radius 3 is 1.39 bits per heavy atom. The molecular weight excluding hydrogens is 216 g/mol. The fourth-order valence-corrected chi connectivity index (χ4v) is 4.05. The third kappa shape index (κ3) is 2.78. The van der Waals surface area contributed by atoms with E-state index in [1.807, 2.05) is 0 Å². The van der Waals surface area contributed by atoms with Crippen LogP contribution in [0.5, 0.6) is 0 Å². The Kier molecular flexibility index (Phi) is 5.97. The molecule has 0 heterocycles. The molecule has 0 aliphatic rings. The van der Waals surface area contributed by atoms with Gasteiger partial charge in [-0.15, -0.1) is 0 Å². The lowest BCUT2D eigenvalue weighted by atomic mass is 9.46. The summed E-state index contributed by atoms with van der Waals surface area (Å²) in [5, 5.41) is 0. The second-order valence-electron chi connectivity index (χ2n) is 7.89. The Bertz CT molecular complexity index is 241. The van der Waals surface area contributed by atoms with Gasteiger partial charge in [-0.2, -0.15) is 0 Å². The highest BCUT2D eigenvalue weighted by molar-refractivity contribution is 5.02. The van der Waals surface area contributed by atoms with Gasteiger partial charge in [-0.3, -0.25) is 0 Å². The summed E-state index contributed by atoms with van der Waals surface area (Å²) in [6.07, 6.45) is 3.84. The largest absolute Gasteiger partial charge is 0.0651 e. The van der Waals surface area contributed by atoms with Crippen LogP contribution in [0.25, 0.3) is 0 Å². The van der Waals surface area contributed by atoms with Gasteiger partial charge in [0, 0.05) is 0 Å². The SMILES string of the molecule is CCC(C)C(C)C(C)(C(C)(C)C)C(C)(CC)CC. The predicted octanol–water partition coefficient (Wildman–Crippen LogP) is 6.55. The van der Waals surface area contributed by atoms with E-state index in [0.29, 0.717) is 16.2 Å². The molecule has 3 atom stereocenters. The molecule has 0 aromatic rings. The van der Waals surface area contributed by atoms with Crippen molar-refractivity contribution in [2.45, 2.75) is 88.5 Å². The first kappa shape index (κ1) is 18.0. The van der Waals surface area contributed by atoms with Crippen LogP contribution in [0.3, 0.4) is 0 Å². The van der Waals surface area contributed by atoms with Crippen LogP contribution in [-0.4, -0.2) is 0 Å². The zero-order valence-corrected chi connectivity index (χ0v) is 14.8. The molecule has 110 valence electrons. The summed E-state index contributed by atoms with van der Waals surface area (Å²) in [6, 6.07) is 0. The van der Waals surface area contributed by atoms with E-state index in [0.717, 1.165) is 11.8 Å². The molecule has 18 heavy (non-hydrogen) atoms. The van der Waals surface area contributed by atoms with Crippen LogP contribution in [0, 0.1) is 28.1 Å². The van der Waals surface area contributed by atoms with Gasteiger partial charge in [-0.05, 0) is 28.1 Å². The van der Waals surface area contributed by atoms with Crippen LogP contribution in [-0.2, 0) is 0 Å². The second-order valence-corrected chi connectivity index (χ2v) is 7.89. The Balaban J connectivity index is 5.74. The third-order valence-electron chi connectivity index (χ3n) is 6.78. The lowest BCUT2D eigenvalue weighted by molar-refractivity contribution is -0.103. The van der Waals surface area contributed by atoms with Crippen LogP contribution < -0.4 is 0 Å². The fourth-order valence-electron chi connectivity index (χ4n) is 4.05. The first-order valence-corrected chi connectivity index (χ1v) is 8.01. The van der Waals surface area contributed by atoms with Gasteiger partial charge in [0.05, 0.1) is 0 Å². The second kappa shape index (κ2) is 5.97. The number of hydrogen-bond acceptors (Lipinski definition) is 0. The van der Waals surface area contributed by atoms with Gasteiger partial charge < -0.3 is 0 Å². The van der Waals surface area contributed by atoms with Crippen molar-refractivity contribution in [1.29, 1.82) is 0 Å². The van der Waals surface area contributed by atoms with Crippen molar-refractivity contribution < 1.29 is 0 Å². The average Bonchev–Trinajstić information content (AvgIpc) is 2.33. The number of rotatable bonds is 6. The molecule has 0 aliphatic heterocycles. The molecule has 0 saturated heterocycles. The zero-order chi connectivity index (χ0) is 14.8. The minimum Gasteiger partial charge on any atom is -0.0651 e. The van der Waals surface area contributed by atoms with E-state index in [-0.39, 0.29) is 0 Å². The molecule has 0 rings (SSSR count). The molecule has 0 N–H and O–H groups in total. The van der Waals surface area contributed by atoms with Crippen molar-refractivity contribution in [3.8, 4) is 0 Å². The van der Waals surface area contributed by atoms with Crippen molar-refractivity contribution in [1.82, 2.24) is 0 Å². The zero-order valence-electron chi connectivity index (χ0n) is 14.8. The maximum Gasteiger partial charge on any atom is -0.0195 e. The highest BCUT2D eigenvalue weighted by Crippen LogP contribution is 2.60. The highest BCUT2D eigenvalue weighted by atomic mass is 14.6. The monoisotopic (exact) mass is 254 g/mol. The summed E-state index contributed by atoms with van der Waals surface area (Å²) in [5.41, 5.74) is 1.14. The summed E-state index contributed by atoms with van der Waals surface area (Å²) < 4.78 is 0. The molecule has 0 saturated carbocycles. The Morgan fingerprint density at radius 1 is 0.778 bits per heavy atom. The summed E-state index contributed by atoms with van der Waals surface area (Å²) in [7, 11) is 0. The van der Waals surface area contributed by atoms with Crippen LogP contribution in [0.4, 0.5) is 0 Å². The van der Waals surface area contributed by atoms with E-state index in [9.17, 15) is 0 Å². The van der Waals surface area contributed by atoms with Crippen LogP contribution >= 0.6 is 0 Å². The molecular formula is C18H38. The van der Waals surface area contributed by atoms with E-state index >= 15 is 0 Å². The van der Waals surface area contributed by atoms with Crippen molar-refractivity contribution in [2.24, 2.45) is 28.1 Å². The maximum absolute atomic E-state index is 2.55. The molecule has 0 aliphatic carbocycles. The van der Waals surface area contributed by atoms with Crippen molar-refractivity contribution in [3.05, 3.63) is 0 Å². The van der Waals surface area contributed by atoms with E-state index in [1.165, 1.54) is 19.3 Å². The van der Waals surface area contributed by atoms with Crippen molar-refractivity contribution >= 4 is 0 Å². The van der Waals surface area contributed by atoms with Crippen LogP contribution in [0.2, 0.25) is 0 Å². The molecule has 0 spiro atoms. The first-order chi connectivity index (χ1) is 8.01. The normalized spacial score (nSPS) is 20.3. The summed E-state index contributed by atoms with van der Waals surface area (Å²) in [5.74, 6) is 1.55. The topological polar surface area (TPSA) is 0 Å². The average molecular weight is 255 g/mol. The van der Waals surface area contributed by atoms with E-state index in [4.69, 9.17) is 0 Å². The van der Waals surface area contributed by atoms with E-state index in [1.54, 1.807) is 0 Å². The van der Waals surface area contributed by atoms with E-state index in [2.05, 4.69) is 69.2 Å². The lowest BCUT2D eigenvalue weighted by Gasteiger charge is -2.59.